The van der Waals surface area contributed by atoms with E-state index in [4.69, 9.17) is 0 Å². The van der Waals surface area contributed by atoms with Gasteiger partial charge in [-0.25, -0.2) is 8.42 Å². The molecule has 6 heteroatoms. The van der Waals surface area contributed by atoms with Crippen LogP contribution < -0.4 is 0 Å². The van der Waals surface area contributed by atoms with E-state index >= 15 is 0 Å². The molecular formula is C15H22BrNO3S. The second-order valence-corrected chi connectivity index (χ2v) is 9.38. The maximum absolute atomic E-state index is 12.7. The summed E-state index contributed by atoms with van der Waals surface area (Å²) in [5.74, 6) is 0.114. The minimum absolute atomic E-state index is 0.0252. The molecule has 1 saturated heterocycles. The van der Waals surface area contributed by atoms with Gasteiger partial charge in [0.25, 0.3) is 0 Å². The van der Waals surface area contributed by atoms with Gasteiger partial charge >= 0.3 is 0 Å². The van der Waals surface area contributed by atoms with Crippen LogP contribution in [0.25, 0.3) is 0 Å². The van der Waals surface area contributed by atoms with Crippen LogP contribution in [0.4, 0.5) is 0 Å². The number of aliphatic hydroxyl groups is 1. The first-order chi connectivity index (χ1) is 9.64. The Balaban J connectivity index is 2.23. The SMILES string of the molecule is CC(C)(C)[C@H]1CCN(S(=O)(=O)c2ccccc2Br)C[C@@H]1O. The predicted octanol–water partition coefficient (Wildman–Crippen LogP) is 2.87. The van der Waals surface area contributed by atoms with Crippen molar-refractivity contribution in [3.63, 3.8) is 0 Å². The van der Waals surface area contributed by atoms with Crippen molar-refractivity contribution >= 4 is 26.0 Å². The van der Waals surface area contributed by atoms with Gasteiger partial charge in [0.05, 0.1) is 11.0 Å². The van der Waals surface area contributed by atoms with Gasteiger partial charge in [0.1, 0.15) is 0 Å². The van der Waals surface area contributed by atoms with Crippen molar-refractivity contribution in [1.82, 2.24) is 4.31 Å². The highest BCUT2D eigenvalue weighted by Crippen LogP contribution is 2.36. The molecule has 0 amide bonds. The number of benzene rings is 1. The van der Waals surface area contributed by atoms with Gasteiger partial charge in [0.15, 0.2) is 0 Å². The van der Waals surface area contributed by atoms with E-state index in [1.807, 2.05) is 0 Å². The highest BCUT2D eigenvalue weighted by atomic mass is 79.9. The molecule has 118 valence electrons. The number of nitrogens with zero attached hydrogens (tertiary/aromatic N) is 1. The van der Waals surface area contributed by atoms with E-state index in [1.54, 1.807) is 24.3 Å². The molecular weight excluding hydrogens is 354 g/mol. The summed E-state index contributed by atoms with van der Waals surface area (Å²) in [4.78, 5) is 0.256. The number of β-amino-alcohol motifs (C(OH)–C–C–N with tert-alkyl or cyclic N) is 1. The molecule has 1 fully saturated rings. The smallest absolute Gasteiger partial charge is 0.244 e. The summed E-state index contributed by atoms with van der Waals surface area (Å²) in [6.45, 7) is 6.85. The molecule has 1 aliphatic heterocycles. The summed E-state index contributed by atoms with van der Waals surface area (Å²) in [6.07, 6.45) is 0.0463. The van der Waals surface area contributed by atoms with E-state index in [0.717, 1.165) is 0 Å². The van der Waals surface area contributed by atoms with Gasteiger partial charge in [-0.05, 0) is 45.8 Å². The van der Waals surface area contributed by atoms with Crippen molar-refractivity contribution in [3.05, 3.63) is 28.7 Å². The lowest BCUT2D eigenvalue weighted by molar-refractivity contribution is -0.00210. The maximum atomic E-state index is 12.7. The number of aliphatic hydroxyl groups excluding tert-OH is 1. The van der Waals surface area contributed by atoms with Gasteiger partial charge < -0.3 is 5.11 Å². The first-order valence-corrected chi connectivity index (χ1v) is 9.30. The Hall–Kier alpha value is -0.430. The first-order valence-electron chi connectivity index (χ1n) is 7.07. The van der Waals surface area contributed by atoms with Gasteiger partial charge in [-0.2, -0.15) is 4.31 Å². The monoisotopic (exact) mass is 375 g/mol. The molecule has 2 rings (SSSR count). The number of hydrogen-bond acceptors (Lipinski definition) is 3. The molecule has 1 N–H and O–H groups in total. The third kappa shape index (κ3) is 3.50. The molecule has 21 heavy (non-hydrogen) atoms. The Morgan fingerprint density at radius 3 is 2.43 bits per heavy atom. The molecule has 0 aliphatic carbocycles. The first kappa shape index (κ1) is 16.9. The van der Waals surface area contributed by atoms with E-state index in [1.165, 1.54) is 4.31 Å². The summed E-state index contributed by atoms with van der Waals surface area (Å²) in [5, 5.41) is 10.3. The van der Waals surface area contributed by atoms with Gasteiger partial charge in [-0.1, -0.05) is 32.9 Å². The topological polar surface area (TPSA) is 57.6 Å². The van der Waals surface area contributed by atoms with Gasteiger partial charge in [0.2, 0.25) is 10.0 Å². The quantitative estimate of drug-likeness (QED) is 0.864. The largest absolute Gasteiger partial charge is 0.391 e. The standard InChI is InChI=1S/C15H22BrNO3S/c1-15(2,3)11-8-9-17(10-13(11)18)21(19,20)14-7-5-4-6-12(14)16/h4-7,11,13,18H,8-10H2,1-3H3/t11-,13-/m0/s1. The summed E-state index contributed by atoms with van der Waals surface area (Å²) >= 11 is 3.29. The van der Waals surface area contributed by atoms with Crippen LogP contribution in [0, 0.1) is 11.3 Å². The van der Waals surface area contributed by atoms with Crippen molar-refractivity contribution in [2.45, 2.75) is 38.2 Å². The van der Waals surface area contributed by atoms with Crippen LogP contribution in [0.2, 0.25) is 0 Å². The number of halogens is 1. The third-order valence-electron chi connectivity index (χ3n) is 4.11. The normalized spacial score (nSPS) is 25.0. The minimum atomic E-state index is -3.57. The molecule has 0 radical (unpaired) electrons. The molecule has 1 aromatic carbocycles. The average molecular weight is 376 g/mol. The van der Waals surface area contributed by atoms with Crippen LogP contribution >= 0.6 is 15.9 Å². The number of piperidine rings is 1. The molecule has 4 nitrogen and oxygen atoms in total. The van der Waals surface area contributed by atoms with E-state index in [9.17, 15) is 13.5 Å². The van der Waals surface area contributed by atoms with Crippen LogP contribution in [-0.4, -0.2) is 37.0 Å². The molecule has 0 aromatic heterocycles. The zero-order chi connectivity index (χ0) is 15.8. The fraction of sp³-hybridized carbons (Fsp3) is 0.600. The van der Waals surface area contributed by atoms with E-state index < -0.39 is 16.1 Å². The Bertz CT molecular complexity index is 610. The van der Waals surface area contributed by atoms with Crippen LogP contribution in [0.1, 0.15) is 27.2 Å². The Kier molecular flexibility index (Phi) is 4.83. The average Bonchev–Trinajstić information content (AvgIpc) is 2.37. The fourth-order valence-electron chi connectivity index (χ4n) is 2.92. The zero-order valence-corrected chi connectivity index (χ0v) is 15.0. The molecule has 2 atom stereocenters. The minimum Gasteiger partial charge on any atom is -0.391 e. The lowest BCUT2D eigenvalue weighted by atomic mass is 9.74. The highest BCUT2D eigenvalue weighted by Gasteiger charge is 2.39. The molecule has 1 heterocycles. The number of rotatable bonds is 2. The van der Waals surface area contributed by atoms with Crippen LogP contribution in [0.5, 0.6) is 0 Å². The van der Waals surface area contributed by atoms with Gasteiger partial charge in [-0.3, -0.25) is 0 Å². The number of sulfonamides is 1. The number of hydrogen-bond donors (Lipinski definition) is 1. The van der Waals surface area contributed by atoms with Crippen LogP contribution in [-0.2, 0) is 10.0 Å². The second kappa shape index (κ2) is 5.99. The maximum Gasteiger partial charge on any atom is 0.244 e. The molecule has 0 spiro atoms. The van der Waals surface area contributed by atoms with E-state index in [2.05, 4.69) is 36.7 Å². The van der Waals surface area contributed by atoms with Gasteiger partial charge in [0, 0.05) is 17.6 Å². The second-order valence-electron chi connectivity index (χ2n) is 6.62. The van der Waals surface area contributed by atoms with Crippen molar-refractivity contribution < 1.29 is 13.5 Å². The molecule has 0 saturated carbocycles. The highest BCUT2D eigenvalue weighted by molar-refractivity contribution is 9.10. The molecule has 1 aliphatic rings. The van der Waals surface area contributed by atoms with Crippen LogP contribution in [0.15, 0.2) is 33.6 Å². The summed E-state index contributed by atoms with van der Waals surface area (Å²) in [7, 11) is -3.57. The fourth-order valence-corrected chi connectivity index (χ4v) is 5.36. The molecule has 0 unspecified atom stereocenters. The Morgan fingerprint density at radius 1 is 1.29 bits per heavy atom. The van der Waals surface area contributed by atoms with Crippen molar-refractivity contribution in [2.75, 3.05) is 13.1 Å². The summed E-state index contributed by atoms with van der Waals surface area (Å²) in [5.41, 5.74) is -0.0252. The van der Waals surface area contributed by atoms with Crippen LogP contribution in [0.3, 0.4) is 0 Å². The Morgan fingerprint density at radius 2 is 1.90 bits per heavy atom. The van der Waals surface area contributed by atoms with Crippen molar-refractivity contribution in [3.8, 4) is 0 Å². The zero-order valence-electron chi connectivity index (χ0n) is 12.6. The molecule has 0 bridgehead atoms. The predicted molar refractivity (Wildman–Crippen MR) is 86.5 cm³/mol. The van der Waals surface area contributed by atoms with Gasteiger partial charge in [-0.15, -0.1) is 0 Å². The third-order valence-corrected chi connectivity index (χ3v) is 6.99. The lowest BCUT2D eigenvalue weighted by Crippen LogP contribution is -2.49. The van der Waals surface area contributed by atoms with E-state index in [-0.39, 0.29) is 22.8 Å². The van der Waals surface area contributed by atoms with Crippen molar-refractivity contribution in [2.24, 2.45) is 11.3 Å². The molecule has 1 aromatic rings. The Labute approximate surface area is 135 Å². The van der Waals surface area contributed by atoms with E-state index in [0.29, 0.717) is 17.4 Å². The summed E-state index contributed by atoms with van der Waals surface area (Å²) < 4.78 is 27.3. The van der Waals surface area contributed by atoms with Crippen molar-refractivity contribution in [1.29, 1.82) is 0 Å². The summed E-state index contributed by atoms with van der Waals surface area (Å²) in [6, 6.07) is 6.78. The lowest BCUT2D eigenvalue weighted by Gasteiger charge is -2.41.